The van der Waals surface area contributed by atoms with E-state index < -0.39 is 16.6 Å². The molecular weight excluding hydrogens is 350 g/mol. The maximum absolute atomic E-state index is 12.5. The van der Waals surface area contributed by atoms with Crippen LogP contribution in [0.3, 0.4) is 0 Å². The van der Waals surface area contributed by atoms with Crippen LogP contribution in [0.5, 0.6) is 0 Å². The molecule has 1 N–H and O–H groups in total. The molecule has 0 atom stereocenters. The molecular formula is C14H18ClN7O3. The summed E-state index contributed by atoms with van der Waals surface area (Å²) in [5, 5.41) is 20.8. The second-order valence-corrected chi connectivity index (χ2v) is 6.35. The highest BCUT2D eigenvalue weighted by atomic mass is 35.5. The number of amides is 1. The molecule has 0 bridgehead atoms. The summed E-state index contributed by atoms with van der Waals surface area (Å²) in [6.07, 6.45) is 2.00. The van der Waals surface area contributed by atoms with E-state index in [0.29, 0.717) is 26.2 Å². The Morgan fingerprint density at radius 3 is 2.60 bits per heavy atom. The Morgan fingerprint density at radius 1 is 1.40 bits per heavy atom. The Kier molecular flexibility index (Phi) is 4.73. The predicted molar refractivity (Wildman–Crippen MR) is 89.4 cm³/mol. The average molecular weight is 368 g/mol. The number of nitrogens with one attached hydrogen (secondary N) is 1. The normalized spacial score (nSPS) is 15.6. The summed E-state index contributed by atoms with van der Waals surface area (Å²) in [4.78, 5) is 26.4. The minimum absolute atomic E-state index is 0.107. The zero-order chi connectivity index (χ0) is 18.1. The van der Waals surface area contributed by atoms with Gasteiger partial charge in [0.25, 0.3) is 5.91 Å². The quantitative estimate of drug-likeness (QED) is 0.636. The lowest BCUT2D eigenvalue weighted by Crippen LogP contribution is -2.48. The van der Waals surface area contributed by atoms with E-state index in [0.717, 1.165) is 17.8 Å². The highest BCUT2D eigenvalue weighted by molar-refractivity contribution is 6.35. The molecule has 0 unspecified atom stereocenters. The number of carbonyl (C=O) groups is 1. The Morgan fingerprint density at radius 2 is 2.08 bits per heavy atom. The van der Waals surface area contributed by atoms with Crippen molar-refractivity contribution in [2.45, 2.75) is 13.5 Å². The molecule has 1 fully saturated rings. The summed E-state index contributed by atoms with van der Waals surface area (Å²) < 4.78 is 1.79. The second kappa shape index (κ2) is 6.81. The van der Waals surface area contributed by atoms with Crippen molar-refractivity contribution < 1.29 is 9.72 Å². The number of aromatic nitrogens is 4. The number of H-pyrrole nitrogens is 1. The van der Waals surface area contributed by atoms with Crippen molar-refractivity contribution in [2.75, 3.05) is 26.2 Å². The fourth-order valence-electron chi connectivity index (χ4n) is 2.89. The number of rotatable bonds is 4. The van der Waals surface area contributed by atoms with Crippen molar-refractivity contribution in [1.82, 2.24) is 29.8 Å². The third-order valence-electron chi connectivity index (χ3n) is 4.24. The first kappa shape index (κ1) is 17.4. The van der Waals surface area contributed by atoms with Crippen molar-refractivity contribution >= 4 is 23.3 Å². The minimum Gasteiger partial charge on any atom is -0.358 e. The van der Waals surface area contributed by atoms with Crippen molar-refractivity contribution in [1.29, 1.82) is 0 Å². The molecule has 2 aromatic heterocycles. The van der Waals surface area contributed by atoms with Crippen molar-refractivity contribution in [3.63, 3.8) is 0 Å². The second-order valence-electron chi connectivity index (χ2n) is 5.97. The van der Waals surface area contributed by atoms with Crippen LogP contribution in [0.4, 0.5) is 5.82 Å². The van der Waals surface area contributed by atoms with E-state index >= 15 is 0 Å². The maximum atomic E-state index is 12.5. The lowest BCUT2D eigenvalue weighted by Gasteiger charge is -2.34. The molecule has 11 heteroatoms. The fourth-order valence-corrected chi connectivity index (χ4v) is 3.12. The molecule has 0 spiro atoms. The van der Waals surface area contributed by atoms with Crippen LogP contribution in [0.1, 0.15) is 21.7 Å². The van der Waals surface area contributed by atoms with Gasteiger partial charge in [0.05, 0.1) is 5.69 Å². The van der Waals surface area contributed by atoms with Crippen LogP contribution in [0, 0.1) is 17.0 Å². The smallest absolute Gasteiger partial charge is 0.358 e. The number of aromatic amines is 1. The summed E-state index contributed by atoms with van der Waals surface area (Å²) >= 11 is 5.89. The third-order valence-corrected chi connectivity index (χ3v) is 4.60. The maximum Gasteiger partial charge on any atom is 0.362 e. The molecule has 1 amide bonds. The van der Waals surface area contributed by atoms with Gasteiger partial charge in [0, 0.05) is 51.5 Å². The summed E-state index contributed by atoms with van der Waals surface area (Å²) in [5.74, 6) is -0.859. The number of nitro groups is 1. The lowest BCUT2D eigenvalue weighted by atomic mass is 10.2. The number of piperazine rings is 1. The van der Waals surface area contributed by atoms with E-state index in [2.05, 4.69) is 20.2 Å². The van der Waals surface area contributed by atoms with Crippen molar-refractivity contribution in [2.24, 2.45) is 7.05 Å². The molecule has 0 aliphatic carbocycles. The molecule has 1 aliphatic rings. The Hall–Kier alpha value is -2.46. The number of carbonyl (C=O) groups excluding carboxylic acids is 1. The fraction of sp³-hybridized carbons (Fsp3) is 0.500. The minimum atomic E-state index is -0.694. The van der Waals surface area contributed by atoms with E-state index in [1.165, 1.54) is 0 Å². The molecule has 3 heterocycles. The summed E-state index contributed by atoms with van der Waals surface area (Å²) in [7, 11) is 1.89. The number of hydrogen-bond acceptors (Lipinski definition) is 6. The molecule has 1 aliphatic heterocycles. The zero-order valence-electron chi connectivity index (χ0n) is 13.9. The third kappa shape index (κ3) is 3.49. The molecule has 10 nitrogen and oxygen atoms in total. The van der Waals surface area contributed by atoms with Crippen LogP contribution in [0.2, 0.25) is 5.02 Å². The van der Waals surface area contributed by atoms with Crippen LogP contribution < -0.4 is 0 Å². The topological polar surface area (TPSA) is 113 Å². The van der Waals surface area contributed by atoms with E-state index in [1.54, 1.807) is 9.58 Å². The average Bonchev–Trinajstić information content (AvgIpc) is 3.10. The van der Waals surface area contributed by atoms with Gasteiger partial charge in [-0.3, -0.25) is 14.4 Å². The van der Waals surface area contributed by atoms with E-state index in [-0.39, 0.29) is 10.7 Å². The highest BCUT2D eigenvalue weighted by Crippen LogP contribution is 2.26. The first-order valence-corrected chi connectivity index (χ1v) is 8.13. The molecule has 25 heavy (non-hydrogen) atoms. The number of halogens is 1. The van der Waals surface area contributed by atoms with Gasteiger partial charge in [-0.2, -0.15) is 5.10 Å². The summed E-state index contributed by atoms with van der Waals surface area (Å²) in [5.41, 5.74) is 2.05. The van der Waals surface area contributed by atoms with Gasteiger partial charge in [0.2, 0.25) is 0 Å². The molecule has 0 radical (unpaired) electrons. The van der Waals surface area contributed by atoms with Crippen molar-refractivity contribution in [3.05, 3.63) is 38.3 Å². The molecule has 2 aromatic rings. The molecule has 0 aromatic carbocycles. The first-order valence-electron chi connectivity index (χ1n) is 7.76. The number of nitrogens with zero attached hydrogens (tertiary/aromatic N) is 6. The molecule has 134 valence electrons. The van der Waals surface area contributed by atoms with Crippen LogP contribution >= 0.6 is 11.6 Å². The Balaban J connectivity index is 1.61. The van der Waals surface area contributed by atoms with Gasteiger partial charge >= 0.3 is 5.82 Å². The molecule has 0 saturated carbocycles. The number of hydrogen-bond donors (Lipinski definition) is 1. The SMILES string of the molecule is Cc1nn(C)cc1CN1CCN(C(=O)c2n[nH]c([N+](=O)[O-])c2Cl)CC1. The highest BCUT2D eigenvalue weighted by Gasteiger charge is 2.30. The van der Waals surface area contributed by atoms with Gasteiger partial charge in [0.15, 0.2) is 10.7 Å². The van der Waals surface area contributed by atoms with E-state index in [1.807, 2.05) is 20.2 Å². The van der Waals surface area contributed by atoms with Crippen LogP contribution in [0.15, 0.2) is 6.20 Å². The van der Waals surface area contributed by atoms with Crippen LogP contribution in [0.25, 0.3) is 0 Å². The van der Waals surface area contributed by atoms with Gasteiger partial charge in [-0.1, -0.05) is 16.7 Å². The van der Waals surface area contributed by atoms with Gasteiger partial charge in [-0.15, -0.1) is 5.10 Å². The van der Waals surface area contributed by atoms with Crippen LogP contribution in [-0.4, -0.2) is 66.8 Å². The number of aryl methyl sites for hydroxylation is 2. The van der Waals surface area contributed by atoms with Gasteiger partial charge in [0.1, 0.15) is 0 Å². The first-order chi connectivity index (χ1) is 11.9. The van der Waals surface area contributed by atoms with E-state index in [9.17, 15) is 14.9 Å². The Bertz CT molecular complexity index is 807. The lowest BCUT2D eigenvalue weighted by molar-refractivity contribution is -0.389. The molecule has 1 saturated heterocycles. The monoisotopic (exact) mass is 367 g/mol. The van der Waals surface area contributed by atoms with Gasteiger partial charge in [-0.05, 0) is 11.8 Å². The standard InChI is InChI=1S/C14H18ClN7O3/c1-9-10(7-19(2)18-9)8-20-3-5-21(6-4-20)14(23)12-11(15)13(17-16-12)22(24)25/h7H,3-6,8H2,1-2H3,(H,16,17). The summed E-state index contributed by atoms with van der Waals surface area (Å²) in [6.45, 7) is 5.16. The Labute approximate surface area is 148 Å². The van der Waals surface area contributed by atoms with Gasteiger partial charge < -0.3 is 15.0 Å². The zero-order valence-corrected chi connectivity index (χ0v) is 14.7. The molecule has 3 rings (SSSR count). The van der Waals surface area contributed by atoms with Crippen molar-refractivity contribution in [3.8, 4) is 0 Å². The van der Waals surface area contributed by atoms with E-state index in [4.69, 9.17) is 11.6 Å². The predicted octanol–water partition coefficient (Wildman–Crippen LogP) is 0.971. The largest absolute Gasteiger partial charge is 0.362 e. The van der Waals surface area contributed by atoms with Crippen LogP contribution in [-0.2, 0) is 13.6 Å². The van der Waals surface area contributed by atoms with Gasteiger partial charge in [-0.25, -0.2) is 0 Å². The summed E-state index contributed by atoms with van der Waals surface area (Å²) in [6, 6.07) is 0.